The molecule has 0 unspecified atom stereocenters. The maximum atomic E-state index is 12.8. The van der Waals surface area contributed by atoms with Crippen molar-refractivity contribution in [2.75, 3.05) is 13.6 Å². The molecule has 1 aliphatic heterocycles. The predicted octanol–water partition coefficient (Wildman–Crippen LogP) is 2.66. The summed E-state index contributed by atoms with van der Waals surface area (Å²) in [5, 5.41) is 7.70. The van der Waals surface area contributed by atoms with Crippen LogP contribution in [-0.4, -0.2) is 44.1 Å². The number of aromatic nitrogens is 4. The van der Waals surface area contributed by atoms with E-state index >= 15 is 0 Å². The van der Waals surface area contributed by atoms with Crippen LogP contribution in [0.15, 0.2) is 29.0 Å². The fourth-order valence-electron chi connectivity index (χ4n) is 3.13. The van der Waals surface area contributed by atoms with Crippen LogP contribution >= 0.6 is 11.6 Å². The third-order valence-corrected chi connectivity index (χ3v) is 4.76. The van der Waals surface area contributed by atoms with E-state index in [4.69, 9.17) is 16.1 Å². The lowest BCUT2D eigenvalue weighted by Crippen LogP contribution is -2.25. The number of amides is 1. The lowest BCUT2D eigenvalue weighted by molar-refractivity contribution is 0.0788. The van der Waals surface area contributed by atoms with E-state index in [1.807, 2.05) is 16.7 Å². The highest BCUT2D eigenvalue weighted by molar-refractivity contribution is 6.34. The molecule has 0 atom stereocenters. The van der Waals surface area contributed by atoms with Crippen LogP contribution in [-0.2, 0) is 13.1 Å². The first-order valence-corrected chi connectivity index (χ1v) is 9.12. The molecule has 0 spiro atoms. The van der Waals surface area contributed by atoms with Crippen molar-refractivity contribution in [1.82, 2.24) is 29.9 Å². The van der Waals surface area contributed by atoms with Crippen molar-refractivity contribution in [2.45, 2.75) is 26.4 Å². The van der Waals surface area contributed by atoms with Gasteiger partial charge in [0, 0.05) is 7.05 Å². The largest absolute Gasteiger partial charge is 0.337 e. The van der Waals surface area contributed by atoms with Crippen LogP contribution in [0, 0.1) is 0 Å². The predicted molar refractivity (Wildman–Crippen MR) is 99.7 cm³/mol. The quantitative estimate of drug-likeness (QED) is 0.678. The standard InChI is InChI=1S/C18H19ClN6O2/c1-3-7-20-8-14-22-17(23-27-14)16-13-9-24(2)18(26)15-11(19)5-4-6-12(15)25(13)10-21-16/h4-6,10,20H,3,7-9H2,1-2H3. The summed E-state index contributed by atoms with van der Waals surface area (Å²) in [5.74, 6) is 0.771. The summed E-state index contributed by atoms with van der Waals surface area (Å²) in [4.78, 5) is 23.3. The summed E-state index contributed by atoms with van der Waals surface area (Å²) in [5.41, 5.74) is 2.55. The highest BCUT2D eigenvalue weighted by atomic mass is 35.5. The van der Waals surface area contributed by atoms with Gasteiger partial charge in [0.15, 0.2) is 0 Å². The van der Waals surface area contributed by atoms with E-state index in [-0.39, 0.29) is 5.91 Å². The number of hydrogen-bond donors (Lipinski definition) is 1. The molecular weight excluding hydrogens is 368 g/mol. The van der Waals surface area contributed by atoms with Crippen LogP contribution in [0.1, 0.15) is 35.3 Å². The summed E-state index contributed by atoms with van der Waals surface area (Å²) >= 11 is 6.30. The molecule has 1 N–H and O–H groups in total. The number of carbonyl (C=O) groups excluding carboxylic acids is 1. The van der Waals surface area contributed by atoms with E-state index in [0.717, 1.165) is 18.7 Å². The molecule has 0 fully saturated rings. The van der Waals surface area contributed by atoms with Gasteiger partial charge in [0.05, 0.1) is 35.1 Å². The lowest BCUT2D eigenvalue weighted by Gasteiger charge is -2.14. The van der Waals surface area contributed by atoms with Gasteiger partial charge in [0.2, 0.25) is 11.7 Å². The molecule has 4 rings (SSSR count). The average Bonchev–Trinajstić information content (AvgIpc) is 3.25. The molecule has 3 heterocycles. The first kappa shape index (κ1) is 17.7. The summed E-state index contributed by atoms with van der Waals surface area (Å²) in [6, 6.07) is 5.38. The number of rotatable bonds is 5. The smallest absolute Gasteiger partial charge is 0.257 e. The number of carbonyl (C=O) groups is 1. The highest BCUT2D eigenvalue weighted by Gasteiger charge is 2.29. The van der Waals surface area contributed by atoms with Crippen LogP contribution in [0.3, 0.4) is 0 Å². The van der Waals surface area contributed by atoms with E-state index in [1.54, 1.807) is 24.3 Å². The average molecular weight is 387 g/mol. The van der Waals surface area contributed by atoms with E-state index < -0.39 is 0 Å². The van der Waals surface area contributed by atoms with Crippen molar-refractivity contribution in [3.8, 4) is 17.2 Å². The first-order valence-electron chi connectivity index (χ1n) is 8.74. The van der Waals surface area contributed by atoms with Crippen LogP contribution in [0.2, 0.25) is 5.02 Å². The van der Waals surface area contributed by atoms with Crippen LogP contribution in [0.25, 0.3) is 17.2 Å². The van der Waals surface area contributed by atoms with Gasteiger partial charge < -0.3 is 14.7 Å². The van der Waals surface area contributed by atoms with Gasteiger partial charge in [-0.3, -0.25) is 9.36 Å². The van der Waals surface area contributed by atoms with E-state index in [0.29, 0.717) is 46.8 Å². The Balaban J connectivity index is 1.76. The van der Waals surface area contributed by atoms with Crippen molar-refractivity contribution in [3.05, 3.63) is 46.7 Å². The molecule has 0 radical (unpaired) electrons. The van der Waals surface area contributed by atoms with Crippen LogP contribution in [0.4, 0.5) is 0 Å². The zero-order valence-electron chi connectivity index (χ0n) is 15.1. The third-order valence-electron chi connectivity index (χ3n) is 4.45. The van der Waals surface area contributed by atoms with Crippen LogP contribution < -0.4 is 5.32 Å². The molecule has 1 amide bonds. The van der Waals surface area contributed by atoms with E-state index in [1.165, 1.54) is 0 Å². The highest BCUT2D eigenvalue weighted by Crippen LogP contribution is 2.32. The molecule has 0 saturated carbocycles. The molecule has 3 aromatic rings. The summed E-state index contributed by atoms with van der Waals surface area (Å²) in [6.07, 6.45) is 2.69. The zero-order valence-corrected chi connectivity index (χ0v) is 15.8. The van der Waals surface area contributed by atoms with E-state index in [2.05, 4.69) is 27.4 Å². The number of hydrogen-bond acceptors (Lipinski definition) is 6. The Morgan fingerprint density at radius 1 is 1.37 bits per heavy atom. The Morgan fingerprint density at radius 2 is 2.22 bits per heavy atom. The molecular formula is C18H19ClN6O2. The molecule has 1 aromatic carbocycles. The Kier molecular flexibility index (Phi) is 4.67. The summed E-state index contributed by atoms with van der Waals surface area (Å²) in [7, 11) is 1.73. The first-order chi connectivity index (χ1) is 13.1. The molecule has 0 saturated heterocycles. The van der Waals surface area contributed by atoms with Gasteiger partial charge in [-0.25, -0.2) is 4.98 Å². The lowest BCUT2D eigenvalue weighted by atomic mass is 10.1. The maximum Gasteiger partial charge on any atom is 0.257 e. The molecule has 27 heavy (non-hydrogen) atoms. The second kappa shape index (κ2) is 7.13. The van der Waals surface area contributed by atoms with Gasteiger partial charge in [0.1, 0.15) is 12.0 Å². The van der Waals surface area contributed by atoms with Crippen molar-refractivity contribution >= 4 is 17.5 Å². The second-order valence-corrected chi connectivity index (χ2v) is 6.80. The minimum atomic E-state index is -0.136. The van der Waals surface area contributed by atoms with Gasteiger partial charge in [0.25, 0.3) is 5.91 Å². The second-order valence-electron chi connectivity index (χ2n) is 6.39. The number of nitrogens with one attached hydrogen (secondary N) is 1. The Bertz CT molecular complexity index is 996. The molecule has 140 valence electrons. The van der Waals surface area contributed by atoms with Crippen molar-refractivity contribution < 1.29 is 9.32 Å². The number of benzene rings is 1. The number of nitrogens with zero attached hydrogens (tertiary/aromatic N) is 5. The fraction of sp³-hybridized carbons (Fsp3) is 0.333. The normalized spacial score (nSPS) is 13.4. The SMILES string of the molecule is CCCNCc1nc(-c2ncn3c2CN(C)C(=O)c2c(Cl)cccc2-3)no1. The molecule has 8 nitrogen and oxygen atoms in total. The summed E-state index contributed by atoms with van der Waals surface area (Å²) < 4.78 is 7.18. The van der Waals surface area contributed by atoms with Gasteiger partial charge in [-0.1, -0.05) is 29.7 Å². The Labute approximate surface area is 161 Å². The minimum Gasteiger partial charge on any atom is -0.337 e. The monoisotopic (exact) mass is 386 g/mol. The number of imidazole rings is 1. The van der Waals surface area contributed by atoms with Crippen LogP contribution in [0.5, 0.6) is 0 Å². The van der Waals surface area contributed by atoms with Gasteiger partial charge in [-0.05, 0) is 25.1 Å². The van der Waals surface area contributed by atoms with Gasteiger partial charge in [-0.15, -0.1) is 0 Å². The summed E-state index contributed by atoms with van der Waals surface area (Å²) in [6.45, 7) is 3.83. The molecule has 9 heteroatoms. The molecule has 0 aliphatic carbocycles. The van der Waals surface area contributed by atoms with Gasteiger partial charge in [-0.2, -0.15) is 4.98 Å². The molecule has 1 aliphatic rings. The van der Waals surface area contributed by atoms with Crippen molar-refractivity contribution in [2.24, 2.45) is 0 Å². The van der Waals surface area contributed by atoms with Crippen molar-refractivity contribution in [3.63, 3.8) is 0 Å². The fourth-order valence-corrected chi connectivity index (χ4v) is 3.38. The topological polar surface area (TPSA) is 89.1 Å². The number of halogens is 1. The van der Waals surface area contributed by atoms with Crippen molar-refractivity contribution in [1.29, 1.82) is 0 Å². The Hall–Kier alpha value is -2.71. The molecule has 0 bridgehead atoms. The number of fused-ring (bicyclic) bond motifs is 3. The molecule has 2 aromatic heterocycles. The third kappa shape index (κ3) is 3.11. The minimum absolute atomic E-state index is 0.136. The Morgan fingerprint density at radius 3 is 3.04 bits per heavy atom. The van der Waals surface area contributed by atoms with E-state index in [9.17, 15) is 4.79 Å². The maximum absolute atomic E-state index is 12.8. The zero-order chi connectivity index (χ0) is 19.0. The van der Waals surface area contributed by atoms with Gasteiger partial charge >= 0.3 is 0 Å².